The van der Waals surface area contributed by atoms with Gasteiger partial charge in [0.1, 0.15) is 0 Å². The van der Waals surface area contributed by atoms with E-state index in [-0.39, 0.29) is 0 Å². The summed E-state index contributed by atoms with van der Waals surface area (Å²) in [5.41, 5.74) is 9.95. The molecule has 0 aliphatic rings. The van der Waals surface area contributed by atoms with Crippen LogP contribution in [0.5, 0.6) is 0 Å². The number of nitrogens with two attached hydrogens (primary N) is 1. The molecule has 1 heterocycles. The van der Waals surface area contributed by atoms with Crippen LogP contribution in [0.15, 0.2) is 42.7 Å². The number of aromatic nitrogens is 2. The molecule has 1 atom stereocenters. The largest absolute Gasteiger partial charge is 0.389 e. The van der Waals surface area contributed by atoms with E-state index < -0.39 is 12.0 Å². The number of H-pyrrole nitrogens is 1. The number of aliphatic hydroxyl groups excluding tert-OH is 1. The maximum absolute atomic E-state index is 11.4. The first-order valence-electron chi connectivity index (χ1n) is 6.61. The third kappa shape index (κ3) is 2.39. The van der Waals surface area contributed by atoms with E-state index in [0.717, 1.165) is 27.7 Å². The highest BCUT2D eigenvalue weighted by atomic mass is 16.3. The van der Waals surface area contributed by atoms with Gasteiger partial charge in [0, 0.05) is 5.56 Å². The van der Waals surface area contributed by atoms with Crippen LogP contribution >= 0.6 is 0 Å². The molecule has 1 aromatic heterocycles. The lowest BCUT2D eigenvalue weighted by Crippen LogP contribution is -2.11. The Labute approximate surface area is 121 Å². The standard InChI is InChI=1S/C16H15N3O2/c1-9(20)12-4-2-11(16(17)21)6-13(12)10-3-5-14-15(7-10)19-8-18-14/h2-9,20H,1H3,(H2,17,21)(H,18,19). The molecule has 0 bridgehead atoms. The van der Waals surface area contributed by atoms with E-state index >= 15 is 0 Å². The van der Waals surface area contributed by atoms with E-state index in [1.165, 1.54) is 0 Å². The Morgan fingerprint density at radius 1 is 1.29 bits per heavy atom. The second-order valence-electron chi connectivity index (χ2n) is 4.98. The van der Waals surface area contributed by atoms with Crippen LogP contribution in [0.3, 0.4) is 0 Å². The molecule has 4 N–H and O–H groups in total. The number of carbonyl (C=O) groups excluding carboxylic acids is 1. The Morgan fingerprint density at radius 2 is 2.10 bits per heavy atom. The van der Waals surface area contributed by atoms with Crippen molar-refractivity contribution in [3.8, 4) is 11.1 Å². The molecule has 0 fully saturated rings. The van der Waals surface area contributed by atoms with Gasteiger partial charge in [-0.05, 0) is 47.9 Å². The number of aromatic amines is 1. The third-order valence-corrected chi connectivity index (χ3v) is 3.52. The summed E-state index contributed by atoms with van der Waals surface area (Å²) in [7, 11) is 0. The lowest BCUT2D eigenvalue weighted by atomic mass is 9.94. The quantitative estimate of drug-likeness (QED) is 0.688. The maximum atomic E-state index is 11.4. The summed E-state index contributed by atoms with van der Waals surface area (Å²) < 4.78 is 0. The first-order valence-corrected chi connectivity index (χ1v) is 6.61. The SMILES string of the molecule is CC(O)c1ccc(C(N)=O)cc1-c1ccc2nc[nH]c2c1. The molecule has 0 saturated carbocycles. The molecule has 0 aliphatic carbocycles. The van der Waals surface area contributed by atoms with Gasteiger partial charge >= 0.3 is 0 Å². The molecule has 5 heteroatoms. The van der Waals surface area contributed by atoms with Gasteiger partial charge in [0.2, 0.25) is 5.91 Å². The Bertz CT molecular complexity index is 821. The average molecular weight is 281 g/mol. The zero-order valence-electron chi connectivity index (χ0n) is 11.5. The van der Waals surface area contributed by atoms with Gasteiger partial charge in [0.05, 0.1) is 23.5 Å². The van der Waals surface area contributed by atoms with Crippen molar-refractivity contribution < 1.29 is 9.90 Å². The molecule has 106 valence electrons. The first kappa shape index (κ1) is 13.3. The van der Waals surface area contributed by atoms with Gasteiger partial charge in [0.25, 0.3) is 0 Å². The summed E-state index contributed by atoms with van der Waals surface area (Å²) in [5, 5.41) is 9.93. The van der Waals surface area contributed by atoms with Crippen LogP contribution in [0.4, 0.5) is 0 Å². The normalized spacial score (nSPS) is 12.5. The molecular weight excluding hydrogens is 266 g/mol. The minimum atomic E-state index is -0.639. The Hall–Kier alpha value is -2.66. The van der Waals surface area contributed by atoms with Crippen molar-refractivity contribution in [1.29, 1.82) is 0 Å². The summed E-state index contributed by atoms with van der Waals surface area (Å²) in [6, 6.07) is 10.8. The van der Waals surface area contributed by atoms with Crippen molar-refractivity contribution in [3.63, 3.8) is 0 Å². The number of hydrogen-bond acceptors (Lipinski definition) is 3. The molecule has 0 aliphatic heterocycles. The summed E-state index contributed by atoms with van der Waals surface area (Å²) >= 11 is 0. The topological polar surface area (TPSA) is 92.0 Å². The van der Waals surface area contributed by atoms with Gasteiger partial charge in [0.15, 0.2) is 0 Å². The fourth-order valence-electron chi connectivity index (χ4n) is 2.43. The summed E-state index contributed by atoms with van der Waals surface area (Å²) in [4.78, 5) is 18.6. The first-order chi connectivity index (χ1) is 10.1. The molecule has 1 unspecified atom stereocenters. The van der Waals surface area contributed by atoms with Gasteiger partial charge in [-0.25, -0.2) is 4.98 Å². The number of rotatable bonds is 3. The van der Waals surface area contributed by atoms with Crippen LogP contribution < -0.4 is 5.73 Å². The molecule has 0 saturated heterocycles. The highest BCUT2D eigenvalue weighted by Crippen LogP contribution is 2.30. The van der Waals surface area contributed by atoms with Gasteiger partial charge in [-0.1, -0.05) is 12.1 Å². The number of amides is 1. The molecule has 0 spiro atoms. The van der Waals surface area contributed by atoms with E-state index in [1.54, 1.807) is 31.5 Å². The zero-order chi connectivity index (χ0) is 15.0. The minimum Gasteiger partial charge on any atom is -0.389 e. The number of nitrogens with zero attached hydrogens (tertiary/aromatic N) is 1. The Morgan fingerprint density at radius 3 is 2.81 bits per heavy atom. The van der Waals surface area contributed by atoms with Crippen LogP contribution in [0.25, 0.3) is 22.2 Å². The van der Waals surface area contributed by atoms with Crippen molar-refractivity contribution >= 4 is 16.9 Å². The van der Waals surface area contributed by atoms with Gasteiger partial charge in [-0.15, -0.1) is 0 Å². The monoisotopic (exact) mass is 281 g/mol. The number of hydrogen-bond donors (Lipinski definition) is 3. The van der Waals surface area contributed by atoms with Crippen LogP contribution in [0.1, 0.15) is 28.9 Å². The van der Waals surface area contributed by atoms with Crippen LogP contribution in [-0.4, -0.2) is 21.0 Å². The summed E-state index contributed by atoms with van der Waals surface area (Å²) in [6.45, 7) is 1.69. The lowest BCUT2D eigenvalue weighted by molar-refractivity contribution is 0.1000. The predicted molar refractivity (Wildman–Crippen MR) is 80.7 cm³/mol. The molecule has 3 aromatic rings. The van der Waals surface area contributed by atoms with E-state index in [9.17, 15) is 9.90 Å². The van der Waals surface area contributed by atoms with Crippen molar-refractivity contribution in [3.05, 3.63) is 53.9 Å². The Kier molecular flexibility index (Phi) is 3.19. The number of aliphatic hydroxyl groups is 1. The smallest absolute Gasteiger partial charge is 0.248 e. The van der Waals surface area contributed by atoms with Gasteiger partial charge in [-0.3, -0.25) is 4.79 Å². The second kappa shape index (κ2) is 5.03. The van der Waals surface area contributed by atoms with E-state index in [1.807, 2.05) is 18.2 Å². The molecule has 0 radical (unpaired) electrons. The highest BCUT2D eigenvalue weighted by Gasteiger charge is 2.13. The number of fused-ring (bicyclic) bond motifs is 1. The maximum Gasteiger partial charge on any atom is 0.248 e. The number of primary amides is 1. The van der Waals surface area contributed by atoms with Gasteiger partial charge < -0.3 is 15.8 Å². The van der Waals surface area contributed by atoms with Crippen LogP contribution in [-0.2, 0) is 0 Å². The summed E-state index contributed by atoms with van der Waals surface area (Å²) in [5.74, 6) is -0.490. The van der Waals surface area contributed by atoms with E-state index in [4.69, 9.17) is 5.73 Å². The number of benzene rings is 2. The number of nitrogens with one attached hydrogen (secondary N) is 1. The minimum absolute atomic E-state index is 0.416. The molecule has 5 nitrogen and oxygen atoms in total. The molecule has 21 heavy (non-hydrogen) atoms. The molecule has 2 aromatic carbocycles. The second-order valence-corrected chi connectivity index (χ2v) is 4.98. The van der Waals surface area contributed by atoms with Crippen molar-refractivity contribution in [2.75, 3.05) is 0 Å². The van der Waals surface area contributed by atoms with Crippen LogP contribution in [0.2, 0.25) is 0 Å². The third-order valence-electron chi connectivity index (χ3n) is 3.52. The molecule has 3 rings (SSSR count). The van der Waals surface area contributed by atoms with Crippen molar-refractivity contribution in [2.24, 2.45) is 5.73 Å². The van der Waals surface area contributed by atoms with Gasteiger partial charge in [-0.2, -0.15) is 0 Å². The number of carbonyl (C=O) groups is 1. The van der Waals surface area contributed by atoms with E-state index in [0.29, 0.717) is 5.56 Å². The lowest BCUT2D eigenvalue weighted by Gasteiger charge is -2.13. The predicted octanol–water partition coefficient (Wildman–Crippen LogP) is 2.38. The zero-order valence-corrected chi connectivity index (χ0v) is 11.5. The van der Waals surface area contributed by atoms with E-state index in [2.05, 4.69) is 9.97 Å². The van der Waals surface area contributed by atoms with Crippen molar-refractivity contribution in [1.82, 2.24) is 9.97 Å². The van der Waals surface area contributed by atoms with Crippen molar-refractivity contribution in [2.45, 2.75) is 13.0 Å². The number of imidazole rings is 1. The molecule has 1 amide bonds. The fourth-order valence-corrected chi connectivity index (χ4v) is 2.43. The van der Waals surface area contributed by atoms with Crippen LogP contribution in [0, 0.1) is 0 Å². The Balaban J connectivity index is 2.22. The highest BCUT2D eigenvalue weighted by molar-refractivity contribution is 5.95. The average Bonchev–Trinajstić information content (AvgIpc) is 2.93. The fraction of sp³-hybridized carbons (Fsp3) is 0.125. The molecular formula is C16H15N3O2. The summed E-state index contributed by atoms with van der Waals surface area (Å²) in [6.07, 6.45) is 0.989.